The maximum atomic E-state index is 5.17. The Kier molecular flexibility index (Phi) is 3.13. The van der Waals surface area contributed by atoms with E-state index in [0.29, 0.717) is 5.82 Å². The summed E-state index contributed by atoms with van der Waals surface area (Å²) in [6.45, 7) is 2.07. The van der Waals surface area contributed by atoms with Gasteiger partial charge in [0.2, 0.25) is 0 Å². The van der Waals surface area contributed by atoms with Crippen molar-refractivity contribution in [2.75, 3.05) is 11.2 Å². The first-order valence-electron chi connectivity index (χ1n) is 3.28. The highest BCUT2D eigenvalue weighted by molar-refractivity contribution is 7.99. The predicted octanol–water partition coefficient (Wildman–Crippen LogP) is 0.874. The fourth-order valence-electron chi connectivity index (χ4n) is 0.645. The number of aromatic nitrogens is 2. The van der Waals surface area contributed by atoms with Gasteiger partial charge in [-0.1, -0.05) is 6.92 Å². The van der Waals surface area contributed by atoms with Gasteiger partial charge in [0.05, 0.1) is 0 Å². The lowest BCUT2D eigenvalue weighted by atomic mass is 10.6. The molecule has 4 nitrogen and oxygen atoms in total. The molecule has 1 rings (SSSR count). The van der Waals surface area contributed by atoms with Gasteiger partial charge in [-0.2, -0.15) is 0 Å². The van der Waals surface area contributed by atoms with E-state index in [9.17, 15) is 0 Å². The van der Waals surface area contributed by atoms with Crippen molar-refractivity contribution in [1.82, 2.24) is 9.97 Å². The minimum Gasteiger partial charge on any atom is -0.308 e. The first-order chi connectivity index (χ1) is 5.36. The van der Waals surface area contributed by atoms with Crippen molar-refractivity contribution in [3.8, 4) is 0 Å². The monoisotopic (exact) mass is 170 g/mol. The molecule has 0 fully saturated rings. The van der Waals surface area contributed by atoms with Crippen LogP contribution in [0.3, 0.4) is 0 Å². The fourth-order valence-corrected chi connectivity index (χ4v) is 1.26. The highest BCUT2D eigenvalue weighted by atomic mass is 32.2. The van der Waals surface area contributed by atoms with Crippen molar-refractivity contribution in [2.24, 2.45) is 5.84 Å². The second-order valence-electron chi connectivity index (χ2n) is 1.82. The zero-order chi connectivity index (χ0) is 8.10. The highest BCUT2D eigenvalue weighted by Crippen LogP contribution is 2.15. The van der Waals surface area contributed by atoms with E-state index in [4.69, 9.17) is 5.84 Å². The minimum atomic E-state index is 0.649. The number of hydrazine groups is 1. The Balaban J connectivity index is 2.74. The topological polar surface area (TPSA) is 63.8 Å². The molecule has 0 atom stereocenters. The molecule has 0 bridgehead atoms. The molecule has 5 heteroatoms. The van der Waals surface area contributed by atoms with Crippen molar-refractivity contribution in [3.05, 3.63) is 12.4 Å². The molecule has 1 heterocycles. The van der Waals surface area contributed by atoms with Gasteiger partial charge in [-0.15, -0.1) is 11.8 Å². The number of thioether (sulfide) groups is 1. The molecule has 0 unspecified atom stereocenters. The molecule has 0 saturated carbocycles. The number of rotatable bonds is 3. The summed E-state index contributed by atoms with van der Waals surface area (Å²) in [7, 11) is 0. The smallest absolute Gasteiger partial charge is 0.144 e. The zero-order valence-corrected chi connectivity index (χ0v) is 7.06. The van der Waals surface area contributed by atoms with Crippen molar-refractivity contribution in [2.45, 2.75) is 11.9 Å². The molecule has 3 N–H and O–H groups in total. The van der Waals surface area contributed by atoms with Crippen LogP contribution in [0.1, 0.15) is 6.92 Å². The fraction of sp³-hybridized carbons (Fsp3) is 0.333. The van der Waals surface area contributed by atoms with E-state index in [1.165, 1.54) is 6.33 Å². The third-order valence-corrected chi connectivity index (χ3v) is 1.89. The SMILES string of the molecule is CCSc1cc(NN)ncn1. The van der Waals surface area contributed by atoms with Crippen LogP contribution in [-0.2, 0) is 0 Å². The number of nitrogen functional groups attached to an aromatic ring is 1. The maximum Gasteiger partial charge on any atom is 0.144 e. The van der Waals surface area contributed by atoms with Crippen LogP contribution in [0.2, 0.25) is 0 Å². The van der Waals surface area contributed by atoms with Gasteiger partial charge in [-0.25, -0.2) is 15.8 Å². The molecule has 0 aliphatic carbocycles. The molecule has 0 spiro atoms. The molecule has 1 aromatic rings. The number of nitrogens with zero attached hydrogens (tertiary/aromatic N) is 2. The van der Waals surface area contributed by atoms with Crippen molar-refractivity contribution in [3.63, 3.8) is 0 Å². The Morgan fingerprint density at radius 3 is 3.09 bits per heavy atom. The third kappa shape index (κ3) is 2.36. The molecule has 0 amide bonds. The van der Waals surface area contributed by atoms with E-state index in [0.717, 1.165) is 10.8 Å². The highest BCUT2D eigenvalue weighted by Gasteiger charge is 1.94. The Morgan fingerprint density at radius 2 is 2.45 bits per heavy atom. The Labute approximate surface area is 69.6 Å². The number of nitrogens with one attached hydrogen (secondary N) is 1. The lowest BCUT2D eigenvalue weighted by Crippen LogP contribution is -2.08. The molecular weight excluding hydrogens is 160 g/mol. The van der Waals surface area contributed by atoms with Crippen molar-refractivity contribution in [1.29, 1.82) is 0 Å². The van der Waals surface area contributed by atoms with Gasteiger partial charge >= 0.3 is 0 Å². The third-order valence-electron chi connectivity index (χ3n) is 1.08. The second kappa shape index (κ2) is 4.15. The first-order valence-corrected chi connectivity index (χ1v) is 4.27. The molecule has 0 aliphatic rings. The van der Waals surface area contributed by atoms with E-state index >= 15 is 0 Å². The molecule has 0 radical (unpaired) electrons. The summed E-state index contributed by atoms with van der Waals surface area (Å²) in [5, 5.41) is 0.940. The van der Waals surface area contributed by atoms with Crippen LogP contribution >= 0.6 is 11.8 Å². The summed E-state index contributed by atoms with van der Waals surface area (Å²) in [6, 6.07) is 1.81. The molecule has 11 heavy (non-hydrogen) atoms. The number of anilines is 1. The van der Waals surface area contributed by atoms with Crippen LogP contribution in [-0.4, -0.2) is 15.7 Å². The lowest BCUT2D eigenvalue weighted by Gasteiger charge is -1.99. The molecular formula is C6H10N4S. The second-order valence-corrected chi connectivity index (χ2v) is 3.10. The quantitative estimate of drug-likeness (QED) is 0.305. The Hall–Kier alpha value is -0.810. The average Bonchev–Trinajstić information content (AvgIpc) is 2.06. The van der Waals surface area contributed by atoms with Gasteiger partial charge in [0.1, 0.15) is 17.2 Å². The van der Waals surface area contributed by atoms with E-state index in [-0.39, 0.29) is 0 Å². The summed E-state index contributed by atoms with van der Waals surface area (Å²) in [5.74, 6) is 6.82. The molecule has 0 aliphatic heterocycles. The normalized spacial score (nSPS) is 9.64. The van der Waals surface area contributed by atoms with Gasteiger partial charge < -0.3 is 5.43 Å². The number of hydrogen-bond acceptors (Lipinski definition) is 5. The van der Waals surface area contributed by atoms with E-state index < -0.39 is 0 Å². The lowest BCUT2D eigenvalue weighted by molar-refractivity contribution is 1.04. The summed E-state index contributed by atoms with van der Waals surface area (Å²) < 4.78 is 0. The minimum absolute atomic E-state index is 0.649. The summed E-state index contributed by atoms with van der Waals surface area (Å²) in [6.07, 6.45) is 1.49. The predicted molar refractivity (Wildman–Crippen MR) is 46.2 cm³/mol. The Morgan fingerprint density at radius 1 is 1.64 bits per heavy atom. The maximum absolute atomic E-state index is 5.17. The van der Waals surface area contributed by atoms with Gasteiger partial charge in [0, 0.05) is 6.07 Å². The Bertz CT molecular complexity index is 228. The average molecular weight is 170 g/mol. The largest absolute Gasteiger partial charge is 0.308 e. The summed E-state index contributed by atoms with van der Waals surface area (Å²) in [4.78, 5) is 7.91. The van der Waals surface area contributed by atoms with Crippen LogP contribution in [0.5, 0.6) is 0 Å². The number of hydrogen-bond donors (Lipinski definition) is 2. The molecule has 1 aromatic heterocycles. The summed E-state index contributed by atoms with van der Waals surface area (Å²) >= 11 is 1.66. The van der Waals surface area contributed by atoms with Crippen LogP contribution in [0.25, 0.3) is 0 Å². The van der Waals surface area contributed by atoms with Gasteiger partial charge in [0.25, 0.3) is 0 Å². The van der Waals surface area contributed by atoms with Gasteiger partial charge in [-0.05, 0) is 5.75 Å². The van der Waals surface area contributed by atoms with E-state index in [1.54, 1.807) is 11.8 Å². The molecule has 0 saturated heterocycles. The van der Waals surface area contributed by atoms with Crippen LogP contribution in [0, 0.1) is 0 Å². The molecule has 60 valence electrons. The van der Waals surface area contributed by atoms with Crippen molar-refractivity contribution < 1.29 is 0 Å². The number of nitrogens with two attached hydrogens (primary N) is 1. The summed E-state index contributed by atoms with van der Waals surface area (Å²) in [5.41, 5.74) is 2.46. The van der Waals surface area contributed by atoms with E-state index in [1.807, 2.05) is 6.07 Å². The molecule has 0 aromatic carbocycles. The van der Waals surface area contributed by atoms with Gasteiger partial charge in [-0.3, -0.25) is 0 Å². The standard InChI is InChI=1S/C6H10N4S/c1-2-11-6-3-5(10-7)8-4-9-6/h3-4H,2,7H2,1H3,(H,8,9,10). The van der Waals surface area contributed by atoms with Gasteiger partial charge in [0.15, 0.2) is 0 Å². The zero-order valence-electron chi connectivity index (χ0n) is 6.24. The van der Waals surface area contributed by atoms with E-state index in [2.05, 4.69) is 22.3 Å². The van der Waals surface area contributed by atoms with Crippen LogP contribution in [0.4, 0.5) is 5.82 Å². The van der Waals surface area contributed by atoms with Crippen molar-refractivity contribution >= 4 is 17.6 Å². The van der Waals surface area contributed by atoms with Crippen LogP contribution in [0.15, 0.2) is 17.4 Å². The first kappa shape index (κ1) is 8.29. The van der Waals surface area contributed by atoms with Crippen LogP contribution < -0.4 is 11.3 Å².